The third kappa shape index (κ3) is 11.4. The van der Waals surface area contributed by atoms with Crippen LogP contribution in [0.3, 0.4) is 0 Å². The monoisotopic (exact) mass is 409 g/mol. The molecule has 2 atom stereocenters. The summed E-state index contributed by atoms with van der Waals surface area (Å²) in [7, 11) is 5.64. The van der Waals surface area contributed by atoms with Crippen molar-refractivity contribution in [2.45, 2.75) is 24.5 Å². The molecular formula is C16H27NO11. The molecule has 0 aliphatic heterocycles. The molecule has 0 aromatic rings. The second-order valence-electron chi connectivity index (χ2n) is 7.09. The maximum Gasteiger partial charge on any atom is 0.344 e. The number of aliphatic hydroxyl groups is 3. The molecule has 12 heteroatoms. The van der Waals surface area contributed by atoms with Crippen molar-refractivity contribution in [2.75, 3.05) is 54.1 Å². The number of carbonyl (C=O) groups is 4. The second kappa shape index (κ2) is 11.5. The Morgan fingerprint density at radius 1 is 1.00 bits per heavy atom. The lowest BCUT2D eigenvalue weighted by Crippen LogP contribution is -2.51. The van der Waals surface area contributed by atoms with Gasteiger partial charge in [-0.3, -0.25) is 9.59 Å². The van der Waals surface area contributed by atoms with E-state index in [2.05, 4.69) is 9.47 Å². The minimum Gasteiger partial charge on any atom is -0.547 e. The van der Waals surface area contributed by atoms with Crippen LogP contribution in [0.2, 0.25) is 0 Å². The van der Waals surface area contributed by atoms with E-state index in [4.69, 9.17) is 14.9 Å². The van der Waals surface area contributed by atoms with E-state index in [9.17, 15) is 29.4 Å². The predicted octanol–water partition coefficient (Wildman–Crippen LogP) is -4.06. The first kappa shape index (κ1) is 25.7. The SMILES string of the molecule is C[N+](C)(C)CCOC(=O)COC(=O)CC(O)(CC(=O)OCC(O)CO)C(=O)[O-]. The summed E-state index contributed by atoms with van der Waals surface area (Å²) < 4.78 is 14.4. The first-order valence-corrected chi connectivity index (χ1v) is 8.29. The molecule has 0 fully saturated rings. The molecule has 2 unspecified atom stereocenters. The van der Waals surface area contributed by atoms with Crippen LogP contribution in [0.1, 0.15) is 12.8 Å². The Morgan fingerprint density at radius 2 is 1.54 bits per heavy atom. The van der Waals surface area contributed by atoms with Crippen molar-refractivity contribution in [3.63, 3.8) is 0 Å². The van der Waals surface area contributed by atoms with E-state index in [-0.39, 0.29) is 6.61 Å². The first-order chi connectivity index (χ1) is 12.8. The maximum absolute atomic E-state index is 11.7. The van der Waals surface area contributed by atoms with E-state index >= 15 is 0 Å². The summed E-state index contributed by atoms with van der Waals surface area (Å²) in [5, 5.41) is 38.7. The van der Waals surface area contributed by atoms with Crippen LogP contribution in [0.25, 0.3) is 0 Å². The van der Waals surface area contributed by atoms with Gasteiger partial charge in [0.15, 0.2) is 6.61 Å². The molecule has 0 amide bonds. The number of likely N-dealkylation sites (N-methyl/N-ethyl adjacent to an activating group) is 1. The van der Waals surface area contributed by atoms with Crippen molar-refractivity contribution in [3.8, 4) is 0 Å². The smallest absolute Gasteiger partial charge is 0.344 e. The molecule has 0 rings (SSSR count). The Morgan fingerprint density at radius 3 is 2.00 bits per heavy atom. The third-order valence-corrected chi connectivity index (χ3v) is 3.28. The van der Waals surface area contributed by atoms with Gasteiger partial charge in [0, 0.05) is 0 Å². The number of nitrogens with zero attached hydrogens (tertiary/aromatic N) is 1. The topological polar surface area (TPSA) is 180 Å². The molecule has 0 aliphatic carbocycles. The minimum atomic E-state index is -2.94. The first-order valence-electron chi connectivity index (χ1n) is 8.29. The fraction of sp³-hybridized carbons (Fsp3) is 0.750. The Bertz CT molecular complexity index is 557. The van der Waals surface area contributed by atoms with Crippen molar-refractivity contribution < 1.29 is 58.3 Å². The summed E-state index contributed by atoms with van der Waals surface area (Å²) in [6.45, 7) is -1.55. The summed E-state index contributed by atoms with van der Waals surface area (Å²) >= 11 is 0. The van der Waals surface area contributed by atoms with Gasteiger partial charge in [-0.25, -0.2) is 4.79 Å². The Labute approximate surface area is 161 Å². The van der Waals surface area contributed by atoms with Gasteiger partial charge >= 0.3 is 17.9 Å². The summed E-state index contributed by atoms with van der Waals surface area (Å²) in [6, 6.07) is 0. The van der Waals surface area contributed by atoms with Crippen LogP contribution in [0, 0.1) is 0 Å². The maximum atomic E-state index is 11.7. The van der Waals surface area contributed by atoms with Crippen LogP contribution in [0.4, 0.5) is 0 Å². The van der Waals surface area contributed by atoms with Gasteiger partial charge in [-0.05, 0) is 0 Å². The number of carbonyl (C=O) groups excluding carboxylic acids is 4. The summed E-state index contributed by atoms with van der Waals surface area (Å²) in [5.41, 5.74) is -2.94. The zero-order valence-corrected chi connectivity index (χ0v) is 16.1. The largest absolute Gasteiger partial charge is 0.547 e. The zero-order valence-electron chi connectivity index (χ0n) is 16.1. The fourth-order valence-corrected chi connectivity index (χ4v) is 1.64. The highest BCUT2D eigenvalue weighted by Gasteiger charge is 2.36. The number of rotatable bonds is 13. The van der Waals surface area contributed by atoms with Gasteiger partial charge in [0.1, 0.15) is 31.5 Å². The summed E-state index contributed by atoms with van der Waals surface area (Å²) in [4.78, 5) is 45.8. The number of esters is 3. The van der Waals surface area contributed by atoms with E-state index in [0.717, 1.165) is 0 Å². The number of aliphatic carboxylic acids is 1. The number of quaternary nitrogens is 1. The van der Waals surface area contributed by atoms with Crippen LogP contribution in [-0.2, 0) is 33.4 Å². The zero-order chi connectivity index (χ0) is 22.0. The number of carboxylic acid groups (broad SMARTS) is 1. The molecule has 0 aromatic heterocycles. The quantitative estimate of drug-likeness (QED) is 0.153. The van der Waals surface area contributed by atoms with Crippen LogP contribution >= 0.6 is 0 Å². The fourth-order valence-electron chi connectivity index (χ4n) is 1.64. The van der Waals surface area contributed by atoms with E-state index < -0.39 is 68.2 Å². The van der Waals surface area contributed by atoms with E-state index in [1.807, 2.05) is 21.1 Å². The van der Waals surface area contributed by atoms with Gasteiger partial charge in [0.2, 0.25) is 0 Å². The van der Waals surface area contributed by atoms with Gasteiger partial charge < -0.3 is 43.9 Å². The Hall–Kier alpha value is -2.28. The van der Waals surface area contributed by atoms with Crippen LogP contribution in [0.5, 0.6) is 0 Å². The van der Waals surface area contributed by atoms with Crippen LogP contribution in [-0.4, -0.2) is 110 Å². The number of aliphatic hydroxyl groups excluding tert-OH is 2. The van der Waals surface area contributed by atoms with Crippen molar-refractivity contribution in [1.82, 2.24) is 0 Å². The number of hydrogen-bond acceptors (Lipinski definition) is 11. The molecule has 28 heavy (non-hydrogen) atoms. The van der Waals surface area contributed by atoms with Gasteiger partial charge in [0.25, 0.3) is 0 Å². The Kier molecular flexibility index (Phi) is 10.6. The molecule has 162 valence electrons. The molecule has 0 aliphatic rings. The lowest BCUT2D eigenvalue weighted by molar-refractivity contribution is -0.870. The van der Waals surface area contributed by atoms with Crippen LogP contribution < -0.4 is 5.11 Å². The lowest BCUT2D eigenvalue weighted by Gasteiger charge is -2.27. The average molecular weight is 409 g/mol. The highest BCUT2D eigenvalue weighted by Crippen LogP contribution is 2.17. The number of carboxylic acids is 1. The normalized spacial score (nSPS) is 14.5. The standard InChI is InChI=1S/C16H27NO11/c1-17(2,3)4-5-26-14(22)10-28-13(21)7-16(25,15(23)24)6-12(20)27-9-11(19)8-18/h11,18-19,25H,4-10H2,1-3H3. The number of hydrogen-bond donors (Lipinski definition) is 3. The van der Waals surface area contributed by atoms with E-state index in [0.29, 0.717) is 11.0 Å². The van der Waals surface area contributed by atoms with Gasteiger partial charge in [-0.2, -0.15) is 0 Å². The van der Waals surface area contributed by atoms with Crippen molar-refractivity contribution in [1.29, 1.82) is 0 Å². The molecule has 0 saturated carbocycles. The van der Waals surface area contributed by atoms with Gasteiger partial charge in [-0.1, -0.05) is 0 Å². The van der Waals surface area contributed by atoms with E-state index in [1.54, 1.807) is 0 Å². The summed E-state index contributed by atoms with van der Waals surface area (Å²) in [6.07, 6.45) is -3.73. The second-order valence-corrected chi connectivity index (χ2v) is 7.09. The molecule has 0 aromatic carbocycles. The molecule has 12 nitrogen and oxygen atoms in total. The van der Waals surface area contributed by atoms with Crippen molar-refractivity contribution in [3.05, 3.63) is 0 Å². The van der Waals surface area contributed by atoms with Crippen molar-refractivity contribution >= 4 is 23.9 Å². The molecule has 0 heterocycles. The molecule has 0 radical (unpaired) electrons. The molecule has 0 saturated heterocycles. The molecular weight excluding hydrogens is 382 g/mol. The molecule has 0 spiro atoms. The molecule has 3 N–H and O–H groups in total. The highest BCUT2D eigenvalue weighted by atomic mass is 16.6. The van der Waals surface area contributed by atoms with Crippen molar-refractivity contribution in [2.24, 2.45) is 0 Å². The minimum absolute atomic E-state index is 0.0778. The number of ether oxygens (including phenoxy) is 3. The van der Waals surface area contributed by atoms with Crippen LogP contribution in [0.15, 0.2) is 0 Å². The lowest BCUT2D eigenvalue weighted by atomic mass is 9.96. The van der Waals surface area contributed by atoms with Gasteiger partial charge in [-0.15, -0.1) is 0 Å². The third-order valence-electron chi connectivity index (χ3n) is 3.28. The predicted molar refractivity (Wildman–Crippen MR) is 88.1 cm³/mol. The molecule has 0 bridgehead atoms. The van der Waals surface area contributed by atoms with Gasteiger partial charge in [0.05, 0.1) is 46.6 Å². The summed E-state index contributed by atoms with van der Waals surface area (Å²) in [5.74, 6) is -5.53. The Balaban J connectivity index is 4.50. The highest BCUT2D eigenvalue weighted by molar-refractivity contribution is 5.88. The van der Waals surface area contributed by atoms with E-state index in [1.165, 1.54) is 0 Å². The average Bonchev–Trinajstić information content (AvgIpc) is 2.56.